The lowest BCUT2D eigenvalue weighted by Crippen LogP contribution is -2.26. The highest BCUT2D eigenvalue weighted by molar-refractivity contribution is 9.10. The number of rotatable bonds is 7. The molecule has 1 atom stereocenters. The molecule has 1 amide bonds. The van der Waals surface area contributed by atoms with Gasteiger partial charge in [0.25, 0.3) is 0 Å². The molecule has 0 heterocycles. The Labute approximate surface area is 121 Å². The molecule has 1 aromatic carbocycles. The van der Waals surface area contributed by atoms with E-state index in [9.17, 15) is 9.59 Å². The fraction of sp³-hybridized carbons (Fsp3) is 0.429. The molecule has 0 aromatic heterocycles. The van der Waals surface area contributed by atoms with Crippen molar-refractivity contribution in [2.45, 2.75) is 26.2 Å². The van der Waals surface area contributed by atoms with E-state index < -0.39 is 5.97 Å². The topological polar surface area (TPSA) is 66.4 Å². The Bertz CT molecular complexity index is 431. The maximum atomic E-state index is 11.6. The van der Waals surface area contributed by atoms with Crippen LogP contribution in [0.4, 0.5) is 0 Å². The van der Waals surface area contributed by atoms with Crippen LogP contribution in [0.25, 0.3) is 0 Å². The average molecular weight is 328 g/mol. The monoisotopic (exact) mass is 327 g/mol. The maximum absolute atomic E-state index is 11.6. The Morgan fingerprint density at radius 1 is 1.32 bits per heavy atom. The summed E-state index contributed by atoms with van der Waals surface area (Å²) in [5.41, 5.74) is 0.958. The summed E-state index contributed by atoms with van der Waals surface area (Å²) in [6.45, 7) is 2.19. The predicted molar refractivity (Wildman–Crippen MR) is 76.9 cm³/mol. The molecule has 0 aliphatic carbocycles. The molecular weight excluding hydrogens is 310 g/mol. The number of nitrogens with one attached hydrogen (secondary N) is 1. The lowest BCUT2D eigenvalue weighted by Gasteiger charge is -2.07. The highest BCUT2D eigenvalue weighted by Gasteiger charge is 2.10. The van der Waals surface area contributed by atoms with Gasteiger partial charge in [-0.1, -0.05) is 35.0 Å². The van der Waals surface area contributed by atoms with Crippen molar-refractivity contribution < 1.29 is 14.7 Å². The van der Waals surface area contributed by atoms with E-state index in [1.165, 1.54) is 0 Å². The van der Waals surface area contributed by atoms with Crippen molar-refractivity contribution in [2.75, 3.05) is 6.54 Å². The van der Waals surface area contributed by atoms with Crippen molar-refractivity contribution in [3.8, 4) is 0 Å². The molecule has 2 N–H and O–H groups in total. The average Bonchev–Trinajstić information content (AvgIpc) is 2.37. The van der Waals surface area contributed by atoms with Crippen LogP contribution in [0.15, 0.2) is 28.7 Å². The van der Waals surface area contributed by atoms with Crippen LogP contribution in [-0.4, -0.2) is 23.5 Å². The van der Waals surface area contributed by atoms with E-state index in [4.69, 9.17) is 5.11 Å². The molecule has 0 saturated carbocycles. The van der Waals surface area contributed by atoms with Gasteiger partial charge in [-0.15, -0.1) is 0 Å². The first-order valence-corrected chi connectivity index (χ1v) is 7.02. The molecule has 19 heavy (non-hydrogen) atoms. The summed E-state index contributed by atoms with van der Waals surface area (Å²) in [5.74, 6) is -1.19. The van der Waals surface area contributed by atoms with E-state index >= 15 is 0 Å². The lowest BCUT2D eigenvalue weighted by atomic mass is 10.1. The molecule has 1 rings (SSSR count). The Morgan fingerprint density at radius 2 is 1.95 bits per heavy atom. The van der Waals surface area contributed by atoms with Crippen molar-refractivity contribution in [3.05, 3.63) is 34.3 Å². The van der Waals surface area contributed by atoms with Crippen LogP contribution in [0.3, 0.4) is 0 Å². The van der Waals surface area contributed by atoms with E-state index in [1.54, 1.807) is 6.92 Å². The van der Waals surface area contributed by atoms with Gasteiger partial charge in [-0.25, -0.2) is 0 Å². The number of aliphatic carboxylic acids is 1. The Hall–Kier alpha value is -1.36. The zero-order valence-corrected chi connectivity index (χ0v) is 12.4. The normalized spacial score (nSPS) is 11.9. The molecule has 0 spiro atoms. The second kappa shape index (κ2) is 7.94. The summed E-state index contributed by atoms with van der Waals surface area (Å²) in [7, 11) is 0. The van der Waals surface area contributed by atoms with Gasteiger partial charge in [0.05, 0.1) is 12.3 Å². The lowest BCUT2D eigenvalue weighted by molar-refractivity contribution is -0.141. The summed E-state index contributed by atoms with van der Waals surface area (Å²) in [6.07, 6.45) is 1.61. The van der Waals surface area contributed by atoms with E-state index in [1.807, 2.05) is 24.3 Å². The van der Waals surface area contributed by atoms with Gasteiger partial charge in [0.1, 0.15) is 0 Å². The minimum atomic E-state index is -0.791. The number of carbonyl (C=O) groups excluding carboxylic acids is 1. The summed E-state index contributed by atoms with van der Waals surface area (Å²) in [6, 6.07) is 7.60. The van der Waals surface area contributed by atoms with Crippen LogP contribution in [0, 0.1) is 5.92 Å². The first kappa shape index (κ1) is 15.7. The highest BCUT2D eigenvalue weighted by Crippen LogP contribution is 2.10. The fourth-order valence-corrected chi connectivity index (χ4v) is 1.87. The van der Waals surface area contributed by atoms with Crippen molar-refractivity contribution in [1.82, 2.24) is 5.32 Å². The molecule has 1 unspecified atom stereocenters. The minimum Gasteiger partial charge on any atom is -0.481 e. The van der Waals surface area contributed by atoms with Crippen LogP contribution in [0.5, 0.6) is 0 Å². The zero-order valence-electron chi connectivity index (χ0n) is 10.9. The first-order valence-electron chi connectivity index (χ1n) is 6.23. The SMILES string of the molecule is CC(CCCNC(=O)Cc1ccc(Br)cc1)C(=O)O. The molecule has 5 heteroatoms. The smallest absolute Gasteiger partial charge is 0.306 e. The standard InChI is InChI=1S/C14H18BrNO3/c1-10(14(18)19)3-2-8-16-13(17)9-11-4-6-12(15)7-5-11/h4-7,10H,2-3,8-9H2,1H3,(H,16,17)(H,18,19). The van der Waals surface area contributed by atoms with Crippen LogP contribution >= 0.6 is 15.9 Å². The van der Waals surface area contributed by atoms with Crippen molar-refractivity contribution >= 4 is 27.8 Å². The van der Waals surface area contributed by atoms with Crippen molar-refractivity contribution in [3.63, 3.8) is 0 Å². The number of carboxylic acids is 1. The van der Waals surface area contributed by atoms with E-state index in [0.717, 1.165) is 10.0 Å². The number of carbonyl (C=O) groups is 2. The van der Waals surface area contributed by atoms with Crippen LogP contribution in [0.1, 0.15) is 25.3 Å². The number of hydrogen-bond acceptors (Lipinski definition) is 2. The molecule has 0 fully saturated rings. The molecule has 0 saturated heterocycles. The number of carboxylic acid groups (broad SMARTS) is 1. The number of hydrogen-bond donors (Lipinski definition) is 2. The van der Waals surface area contributed by atoms with Gasteiger partial charge in [0, 0.05) is 11.0 Å². The van der Waals surface area contributed by atoms with Gasteiger partial charge in [0.15, 0.2) is 0 Å². The first-order chi connectivity index (χ1) is 8.99. The molecule has 104 valence electrons. The summed E-state index contributed by atoms with van der Waals surface area (Å²) in [4.78, 5) is 22.2. The number of amides is 1. The van der Waals surface area contributed by atoms with E-state index in [2.05, 4.69) is 21.2 Å². The number of halogens is 1. The molecular formula is C14H18BrNO3. The van der Waals surface area contributed by atoms with Crippen LogP contribution < -0.4 is 5.32 Å². The van der Waals surface area contributed by atoms with Gasteiger partial charge >= 0.3 is 5.97 Å². The second-order valence-corrected chi connectivity index (χ2v) is 5.45. The van der Waals surface area contributed by atoms with Gasteiger partial charge in [-0.3, -0.25) is 9.59 Å². The summed E-state index contributed by atoms with van der Waals surface area (Å²) in [5, 5.41) is 11.5. The molecule has 0 aliphatic heterocycles. The second-order valence-electron chi connectivity index (χ2n) is 4.53. The van der Waals surface area contributed by atoms with E-state index in [-0.39, 0.29) is 11.8 Å². The summed E-state index contributed by atoms with van der Waals surface area (Å²) < 4.78 is 0.985. The molecule has 1 aromatic rings. The number of benzene rings is 1. The quantitative estimate of drug-likeness (QED) is 0.756. The van der Waals surface area contributed by atoms with Crippen molar-refractivity contribution in [2.24, 2.45) is 5.92 Å². The Balaban J connectivity index is 2.21. The molecule has 0 radical (unpaired) electrons. The van der Waals surface area contributed by atoms with Crippen LogP contribution in [-0.2, 0) is 16.0 Å². The molecule has 0 aliphatic rings. The highest BCUT2D eigenvalue weighted by atomic mass is 79.9. The Morgan fingerprint density at radius 3 is 2.53 bits per heavy atom. The maximum Gasteiger partial charge on any atom is 0.306 e. The fourth-order valence-electron chi connectivity index (χ4n) is 1.61. The van der Waals surface area contributed by atoms with Gasteiger partial charge < -0.3 is 10.4 Å². The van der Waals surface area contributed by atoms with Gasteiger partial charge in [-0.05, 0) is 30.5 Å². The third-order valence-corrected chi connectivity index (χ3v) is 3.36. The molecule has 0 bridgehead atoms. The van der Waals surface area contributed by atoms with E-state index in [0.29, 0.717) is 25.8 Å². The van der Waals surface area contributed by atoms with Crippen molar-refractivity contribution in [1.29, 1.82) is 0 Å². The zero-order chi connectivity index (χ0) is 14.3. The molecule has 4 nitrogen and oxygen atoms in total. The third kappa shape index (κ3) is 6.38. The van der Waals surface area contributed by atoms with Gasteiger partial charge in [0.2, 0.25) is 5.91 Å². The largest absolute Gasteiger partial charge is 0.481 e. The third-order valence-electron chi connectivity index (χ3n) is 2.84. The summed E-state index contributed by atoms with van der Waals surface area (Å²) >= 11 is 3.34. The minimum absolute atomic E-state index is 0.0368. The predicted octanol–water partition coefficient (Wildman–Crippen LogP) is 2.61. The van der Waals surface area contributed by atoms with Gasteiger partial charge in [-0.2, -0.15) is 0 Å². The Kier molecular flexibility index (Phi) is 6.56. The van der Waals surface area contributed by atoms with Crippen LogP contribution in [0.2, 0.25) is 0 Å².